The second-order valence-electron chi connectivity index (χ2n) is 4.61. The van der Waals surface area contributed by atoms with Crippen LogP contribution >= 0.6 is 0 Å². The number of hydrogen-bond acceptors (Lipinski definition) is 4. The lowest BCUT2D eigenvalue weighted by atomic mass is 10.0. The van der Waals surface area contributed by atoms with E-state index in [1.807, 2.05) is 12.1 Å². The van der Waals surface area contributed by atoms with Crippen LogP contribution in [0.1, 0.15) is 27.6 Å². The average Bonchev–Trinajstić information content (AvgIpc) is 2.85. The third kappa shape index (κ3) is 2.48. The standard InChI is InChI=1S/C13H15N5O/c1-8-15-12(18-17-8)13(19)16-11-3-2-9-4-5-14-7-10(9)6-11/h2-3,6,14H,4-5,7H2,1H3,(H,16,19)(H,15,17,18). The molecule has 6 nitrogen and oxygen atoms in total. The van der Waals surface area contributed by atoms with Crippen molar-refractivity contribution in [2.45, 2.75) is 19.9 Å². The third-order valence-corrected chi connectivity index (χ3v) is 3.15. The largest absolute Gasteiger partial charge is 0.319 e. The van der Waals surface area contributed by atoms with Gasteiger partial charge < -0.3 is 10.6 Å². The van der Waals surface area contributed by atoms with Crippen LogP contribution in [0.15, 0.2) is 18.2 Å². The number of benzene rings is 1. The minimum absolute atomic E-state index is 0.161. The Balaban J connectivity index is 1.78. The Morgan fingerprint density at radius 1 is 1.37 bits per heavy atom. The Morgan fingerprint density at radius 2 is 2.26 bits per heavy atom. The highest BCUT2D eigenvalue weighted by molar-refractivity contribution is 6.01. The van der Waals surface area contributed by atoms with Gasteiger partial charge in [0.25, 0.3) is 5.91 Å². The van der Waals surface area contributed by atoms with Gasteiger partial charge in [0.1, 0.15) is 5.82 Å². The molecule has 0 bridgehead atoms. The molecule has 0 unspecified atom stereocenters. The van der Waals surface area contributed by atoms with Crippen molar-refractivity contribution in [3.8, 4) is 0 Å². The number of carbonyl (C=O) groups excluding carboxylic acids is 1. The van der Waals surface area contributed by atoms with Crippen molar-refractivity contribution in [1.29, 1.82) is 0 Å². The van der Waals surface area contributed by atoms with Gasteiger partial charge in [-0.1, -0.05) is 6.07 Å². The first kappa shape index (κ1) is 11.9. The predicted octanol–water partition coefficient (Wildman–Crippen LogP) is 1.01. The Morgan fingerprint density at radius 3 is 3.05 bits per heavy atom. The molecule has 0 atom stereocenters. The van der Waals surface area contributed by atoms with Gasteiger partial charge in [-0.2, -0.15) is 0 Å². The van der Waals surface area contributed by atoms with Crippen LogP contribution in [0.4, 0.5) is 5.69 Å². The maximum atomic E-state index is 11.9. The normalized spacial score (nSPS) is 13.9. The van der Waals surface area contributed by atoms with Gasteiger partial charge >= 0.3 is 0 Å². The molecule has 0 saturated carbocycles. The lowest BCUT2D eigenvalue weighted by Crippen LogP contribution is -2.23. The molecule has 1 aromatic heterocycles. The number of carbonyl (C=O) groups is 1. The summed E-state index contributed by atoms with van der Waals surface area (Å²) in [5.74, 6) is 0.487. The monoisotopic (exact) mass is 257 g/mol. The SMILES string of the molecule is Cc1nc(C(=O)Nc2ccc3c(c2)CNCC3)n[nH]1. The molecular weight excluding hydrogens is 242 g/mol. The summed E-state index contributed by atoms with van der Waals surface area (Å²) in [6, 6.07) is 5.98. The van der Waals surface area contributed by atoms with Crippen molar-refractivity contribution in [3.05, 3.63) is 41.0 Å². The molecule has 0 aliphatic carbocycles. The van der Waals surface area contributed by atoms with Crippen LogP contribution in [0.2, 0.25) is 0 Å². The van der Waals surface area contributed by atoms with Gasteiger partial charge in [0.15, 0.2) is 0 Å². The summed E-state index contributed by atoms with van der Waals surface area (Å²) in [5.41, 5.74) is 3.34. The number of fused-ring (bicyclic) bond motifs is 1. The molecule has 0 spiro atoms. The first-order valence-corrected chi connectivity index (χ1v) is 6.25. The van der Waals surface area contributed by atoms with Gasteiger partial charge in [0.05, 0.1) is 0 Å². The molecule has 1 aromatic carbocycles. The van der Waals surface area contributed by atoms with Crippen LogP contribution in [-0.2, 0) is 13.0 Å². The number of hydrogen-bond donors (Lipinski definition) is 3. The number of amides is 1. The number of nitrogens with zero attached hydrogens (tertiary/aromatic N) is 2. The fourth-order valence-electron chi connectivity index (χ4n) is 2.19. The summed E-state index contributed by atoms with van der Waals surface area (Å²) in [7, 11) is 0. The molecule has 2 aromatic rings. The maximum Gasteiger partial charge on any atom is 0.295 e. The summed E-state index contributed by atoms with van der Waals surface area (Å²) < 4.78 is 0. The Bertz CT molecular complexity index is 619. The van der Waals surface area contributed by atoms with Crippen LogP contribution in [0.5, 0.6) is 0 Å². The highest BCUT2D eigenvalue weighted by Crippen LogP contribution is 2.19. The van der Waals surface area contributed by atoms with E-state index in [1.165, 1.54) is 11.1 Å². The van der Waals surface area contributed by atoms with E-state index in [-0.39, 0.29) is 11.7 Å². The number of aromatic nitrogens is 3. The first-order valence-electron chi connectivity index (χ1n) is 6.25. The van der Waals surface area contributed by atoms with Crippen LogP contribution in [-0.4, -0.2) is 27.6 Å². The van der Waals surface area contributed by atoms with E-state index in [0.29, 0.717) is 5.82 Å². The van der Waals surface area contributed by atoms with Crippen molar-refractivity contribution in [2.75, 3.05) is 11.9 Å². The molecule has 6 heteroatoms. The minimum atomic E-state index is -0.298. The number of aryl methyl sites for hydroxylation is 1. The molecule has 3 N–H and O–H groups in total. The fourth-order valence-corrected chi connectivity index (χ4v) is 2.19. The van der Waals surface area contributed by atoms with E-state index in [0.717, 1.165) is 25.2 Å². The van der Waals surface area contributed by atoms with Crippen molar-refractivity contribution in [1.82, 2.24) is 20.5 Å². The second-order valence-corrected chi connectivity index (χ2v) is 4.61. The van der Waals surface area contributed by atoms with Gasteiger partial charge in [-0.15, -0.1) is 5.10 Å². The number of anilines is 1. The van der Waals surface area contributed by atoms with Crippen LogP contribution in [0.25, 0.3) is 0 Å². The molecule has 1 amide bonds. The zero-order valence-corrected chi connectivity index (χ0v) is 10.7. The Kier molecular flexibility index (Phi) is 3.00. The zero-order chi connectivity index (χ0) is 13.2. The number of rotatable bonds is 2. The molecule has 1 aliphatic rings. The summed E-state index contributed by atoms with van der Waals surface area (Å²) >= 11 is 0. The lowest BCUT2D eigenvalue weighted by molar-refractivity contribution is 0.101. The summed E-state index contributed by atoms with van der Waals surface area (Å²) in [6.45, 7) is 3.61. The topological polar surface area (TPSA) is 82.7 Å². The van der Waals surface area contributed by atoms with Crippen LogP contribution in [0.3, 0.4) is 0 Å². The molecular formula is C13H15N5O. The van der Waals surface area contributed by atoms with Gasteiger partial charge in [-0.05, 0) is 43.1 Å². The van der Waals surface area contributed by atoms with E-state index in [2.05, 4.69) is 31.9 Å². The molecule has 1 aliphatic heterocycles. The molecule has 19 heavy (non-hydrogen) atoms. The highest BCUT2D eigenvalue weighted by Gasteiger charge is 2.13. The Hall–Kier alpha value is -2.21. The number of nitrogens with one attached hydrogen (secondary N) is 3. The predicted molar refractivity (Wildman–Crippen MR) is 70.9 cm³/mol. The zero-order valence-electron chi connectivity index (χ0n) is 10.7. The van der Waals surface area contributed by atoms with Crippen molar-refractivity contribution in [3.63, 3.8) is 0 Å². The van der Waals surface area contributed by atoms with Crippen molar-refractivity contribution >= 4 is 11.6 Å². The van der Waals surface area contributed by atoms with Crippen molar-refractivity contribution in [2.24, 2.45) is 0 Å². The molecule has 0 saturated heterocycles. The summed E-state index contributed by atoms with van der Waals surface area (Å²) in [6.07, 6.45) is 1.03. The first-order chi connectivity index (χ1) is 9.22. The van der Waals surface area contributed by atoms with Gasteiger partial charge in [0.2, 0.25) is 5.82 Å². The summed E-state index contributed by atoms with van der Waals surface area (Å²) in [5, 5.41) is 12.6. The molecule has 2 heterocycles. The van der Waals surface area contributed by atoms with E-state index in [1.54, 1.807) is 6.92 Å². The summed E-state index contributed by atoms with van der Waals surface area (Å²) in [4.78, 5) is 15.9. The smallest absolute Gasteiger partial charge is 0.295 e. The van der Waals surface area contributed by atoms with Gasteiger partial charge in [-0.3, -0.25) is 9.89 Å². The van der Waals surface area contributed by atoms with E-state index in [9.17, 15) is 4.79 Å². The fraction of sp³-hybridized carbons (Fsp3) is 0.308. The van der Waals surface area contributed by atoms with E-state index >= 15 is 0 Å². The van der Waals surface area contributed by atoms with Crippen molar-refractivity contribution < 1.29 is 4.79 Å². The number of aromatic amines is 1. The number of H-pyrrole nitrogens is 1. The van der Waals surface area contributed by atoms with Crippen LogP contribution in [0, 0.1) is 6.92 Å². The minimum Gasteiger partial charge on any atom is -0.319 e. The Labute approximate surface area is 110 Å². The lowest BCUT2D eigenvalue weighted by Gasteiger charge is -2.17. The van der Waals surface area contributed by atoms with E-state index in [4.69, 9.17) is 0 Å². The average molecular weight is 257 g/mol. The second kappa shape index (κ2) is 4.81. The highest BCUT2D eigenvalue weighted by atomic mass is 16.2. The molecule has 3 rings (SSSR count). The van der Waals surface area contributed by atoms with Gasteiger partial charge in [-0.25, -0.2) is 4.98 Å². The van der Waals surface area contributed by atoms with Crippen LogP contribution < -0.4 is 10.6 Å². The van der Waals surface area contributed by atoms with Gasteiger partial charge in [0, 0.05) is 12.2 Å². The molecule has 0 radical (unpaired) electrons. The molecule has 98 valence electrons. The molecule has 0 fully saturated rings. The quantitative estimate of drug-likeness (QED) is 0.750. The van der Waals surface area contributed by atoms with E-state index < -0.39 is 0 Å². The third-order valence-electron chi connectivity index (χ3n) is 3.15. The maximum absolute atomic E-state index is 11.9.